The molecule has 1 aliphatic heterocycles. The van der Waals surface area contributed by atoms with Crippen LogP contribution < -0.4 is 14.8 Å². The third-order valence-electron chi connectivity index (χ3n) is 3.20. The summed E-state index contributed by atoms with van der Waals surface area (Å²) in [6.45, 7) is 1.22. The predicted molar refractivity (Wildman–Crippen MR) is 78.4 cm³/mol. The smallest absolute Gasteiger partial charge is 0.348 e. The second-order valence-electron chi connectivity index (χ2n) is 4.60. The Morgan fingerprint density at radius 1 is 1.52 bits per heavy atom. The summed E-state index contributed by atoms with van der Waals surface area (Å²) in [6, 6.07) is 1.52. The molecule has 1 aromatic rings. The summed E-state index contributed by atoms with van der Waals surface area (Å²) < 4.78 is 36.8. The molecule has 0 radical (unpaired) electrons. The minimum Gasteiger partial charge on any atom is -0.494 e. The van der Waals surface area contributed by atoms with Crippen molar-refractivity contribution in [2.75, 3.05) is 27.3 Å². The third-order valence-corrected chi connectivity index (χ3v) is 6.23. The Balaban J connectivity index is 2.17. The minimum absolute atomic E-state index is 0.0107. The summed E-state index contributed by atoms with van der Waals surface area (Å²) in [5, 5.41) is 3.21. The molecule has 9 heteroatoms. The number of hydrogen-bond acceptors (Lipinski definition) is 7. The highest BCUT2D eigenvalue weighted by Crippen LogP contribution is 2.33. The number of nitrogens with one attached hydrogen (secondary N) is 2. The average molecular weight is 334 g/mol. The molecule has 1 unspecified atom stereocenters. The summed E-state index contributed by atoms with van der Waals surface area (Å²) in [6.07, 6.45) is 1.98. The zero-order valence-electron chi connectivity index (χ0n) is 11.8. The van der Waals surface area contributed by atoms with Gasteiger partial charge >= 0.3 is 5.97 Å². The van der Waals surface area contributed by atoms with Crippen molar-refractivity contribution < 1.29 is 22.7 Å². The Bertz CT molecular complexity index is 605. The second-order valence-corrected chi connectivity index (χ2v) is 7.62. The van der Waals surface area contributed by atoms with Gasteiger partial charge in [-0.05, 0) is 19.4 Å². The van der Waals surface area contributed by atoms with Crippen molar-refractivity contribution >= 4 is 27.3 Å². The fourth-order valence-corrected chi connectivity index (χ4v) is 4.71. The lowest BCUT2D eigenvalue weighted by atomic mass is 10.2. The first kappa shape index (κ1) is 16.2. The van der Waals surface area contributed by atoms with E-state index in [0.717, 1.165) is 30.7 Å². The topological polar surface area (TPSA) is 93.7 Å². The van der Waals surface area contributed by atoms with Crippen LogP contribution in [0.25, 0.3) is 0 Å². The summed E-state index contributed by atoms with van der Waals surface area (Å²) in [4.78, 5) is 11.7. The molecule has 0 aliphatic carbocycles. The van der Waals surface area contributed by atoms with Crippen molar-refractivity contribution in [3.05, 3.63) is 10.9 Å². The monoisotopic (exact) mass is 334 g/mol. The van der Waals surface area contributed by atoms with Crippen molar-refractivity contribution in [1.82, 2.24) is 10.0 Å². The van der Waals surface area contributed by atoms with Crippen LogP contribution in [-0.2, 0) is 14.8 Å². The van der Waals surface area contributed by atoms with E-state index < -0.39 is 16.0 Å². The maximum absolute atomic E-state index is 12.3. The average Bonchev–Trinajstić information content (AvgIpc) is 3.13. The SMILES string of the molecule is COC(=O)c1cc(OC)c(S(=O)(=O)NCC2CCCN2)s1. The fraction of sp³-hybridized carbons (Fsp3) is 0.583. The van der Waals surface area contributed by atoms with E-state index in [2.05, 4.69) is 14.8 Å². The molecule has 118 valence electrons. The highest BCUT2D eigenvalue weighted by molar-refractivity contribution is 7.91. The van der Waals surface area contributed by atoms with E-state index >= 15 is 0 Å². The zero-order valence-corrected chi connectivity index (χ0v) is 13.5. The van der Waals surface area contributed by atoms with Crippen LogP contribution in [0.1, 0.15) is 22.5 Å². The number of ether oxygens (including phenoxy) is 2. The Kier molecular flexibility index (Phi) is 5.20. The van der Waals surface area contributed by atoms with Crippen molar-refractivity contribution in [2.45, 2.75) is 23.1 Å². The Morgan fingerprint density at radius 3 is 2.86 bits per heavy atom. The highest BCUT2D eigenvalue weighted by Gasteiger charge is 2.27. The van der Waals surface area contributed by atoms with Gasteiger partial charge in [-0.25, -0.2) is 17.9 Å². The van der Waals surface area contributed by atoms with E-state index in [-0.39, 0.29) is 20.9 Å². The van der Waals surface area contributed by atoms with Gasteiger partial charge in [0.15, 0.2) is 9.96 Å². The molecule has 0 saturated carbocycles. The molecular formula is C12H18N2O5S2. The van der Waals surface area contributed by atoms with Gasteiger partial charge in [0.05, 0.1) is 14.2 Å². The van der Waals surface area contributed by atoms with Crippen LogP contribution in [0, 0.1) is 0 Å². The van der Waals surface area contributed by atoms with Crippen LogP contribution in [0.3, 0.4) is 0 Å². The first-order valence-corrected chi connectivity index (χ1v) is 8.77. The van der Waals surface area contributed by atoms with Crippen LogP contribution in [0.5, 0.6) is 5.75 Å². The molecule has 2 heterocycles. The minimum atomic E-state index is -3.72. The largest absolute Gasteiger partial charge is 0.494 e. The summed E-state index contributed by atoms with van der Waals surface area (Å²) in [5.74, 6) is -0.440. The van der Waals surface area contributed by atoms with Crippen molar-refractivity contribution in [1.29, 1.82) is 0 Å². The van der Waals surface area contributed by atoms with Crippen LogP contribution in [0.4, 0.5) is 0 Å². The summed E-state index contributed by atoms with van der Waals surface area (Å²) >= 11 is 0.836. The van der Waals surface area contributed by atoms with Gasteiger partial charge < -0.3 is 14.8 Å². The molecule has 21 heavy (non-hydrogen) atoms. The normalized spacial score (nSPS) is 18.7. The van der Waals surface area contributed by atoms with E-state index in [0.29, 0.717) is 6.54 Å². The van der Waals surface area contributed by atoms with Gasteiger partial charge in [0.2, 0.25) is 0 Å². The van der Waals surface area contributed by atoms with Crippen LogP contribution in [0.2, 0.25) is 0 Å². The van der Waals surface area contributed by atoms with Crippen LogP contribution in [0.15, 0.2) is 10.3 Å². The molecule has 0 amide bonds. The molecular weight excluding hydrogens is 316 g/mol. The molecule has 2 N–H and O–H groups in total. The molecule has 1 aromatic heterocycles. The molecule has 0 bridgehead atoms. The molecule has 1 aliphatic rings. The lowest BCUT2D eigenvalue weighted by molar-refractivity contribution is 0.0606. The molecule has 1 atom stereocenters. The molecule has 0 spiro atoms. The van der Waals surface area contributed by atoms with Gasteiger partial charge in [0, 0.05) is 18.7 Å². The first-order chi connectivity index (χ1) is 9.97. The van der Waals surface area contributed by atoms with Crippen molar-refractivity contribution in [3.63, 3.8) is 0 Å². The zero-order chi connectivity index (χ0) is 15.5. The number of hydrogen-bond donors (Lipinski definition) is 2. The Labute approximate surface area is 127 Å². The van der Waals surface area contributed by atoms with Gasteiger partial charge in [-0.15, -0.1) is 11.3 Å². The molecule has 7 nitrogen and oxygen atoms in total. The van der Waals surface area contributed by atoms with Crippen LogP contribution in [-0.4, -0.2) is 47.7 Å². The molecule has 1 fully saturated rings. The first-order valence-electron chi connectivity index (χ1n) is 6.47. The van der Waals surface area contributed by atoms with Gasteiger partial charge in [-0.3, -0.25) is 0 Å². The van der Waals surface area contributed by atoms with Gasteiger partial charge in [0.25, 0.3) is 10.0 Å². The third kappa shape index (κ3) is 3.73. The van der Waals surface area contributed by atoms with Crippen molar-refractivity contribution in [3.8, 4) is 5.75 Å². The van der Waals surface area contributed by atoms with E-state index in [1.807, 2.05) is 0 Å². The number of rotatable bonds is 6. The van der Waals surface area contributed by atoms with E-state index in [1.165, 1.54) is 20.3 Å². The second kappa shape index (κ2) is 6.73. The number of thiophene rings is 1. The fourth-order valence-electron chi connectivity index (χ4n) is 2.10. The molecule has 0 aromatic carbocycles. The summed E-state index contributed by atoms with van der Waals surface area (Å²) in [5.41, 5.74) is 0. The van der Waals surface area contributed by atoms with Crippen molar-refractivity contribution in [2.24, 2.45) is 0 Å². The number of carbonyl (C=O) groups excluding carboxylic acids is 1. The van der Waals surface area contributed by atoms with Gasteiger partial charge in [0.1, 0.15) is 4.88 Å². The number of carbonyl (C=O) groups is 1. The number of sulfonamides is 1. The van der Waals surface area contributed by atoms with E-state index in [9.17, 15) is 13.2 Å². The quantitative estimate of drug-likeness (QED) is 0.739. The lowest BCUT2D eigenvalue weighted by Crippen LogP contribution is -2.36. The van der Waals surface area contributed by atoms with E-state index in [1.54, 1.807) is 0 Å². The number of methoxy groups -OCH3 is 2. The van der Waals surface area contributed by atoms with Gasteiger partial charge in [-0.2, -0.15) is 0 Å². The highest BCUT2D eigenvalue weighted by atomic mass is 32.2. The lowest BCUT2D eigenvalue weighted by Gasteiger charge is -2.11. The molecule has 1 saturated heterocycles. The maximum Gasteiger partial charge on any atom is 0.348 e. The number of esters is 1. The Morgan fingerprint density at radius 2 is 2.29 bits per heavy atom. The standard InChI is InChI=1S/C12H18N2O5S2/c1-18-9-6-10(11(15)19-2)20-12(9)21(16,17)14-7-8-4-3-5-13-8/h6,8,13-14H,3-5,7H2,1-2H3. The predicted octanol–water partition coefficient (Wildman–Crippen LogP) is 0.574. The van der Waals surface area contributed by atoms with E-state index in [4.69, 9.17) is 4.74 Å². The van der Waals surface area contributed by atoms with Gasteiger partial charge in [-0.1, -0.05) is 0 Å². The summed E-state index contributed by atoms with van der Waals surface area (Å²) in [7, 11) is -1.11. The maximum atomic E-state index is 12.3. The van der Waals surface area contributed by atoms with Crippen LogP contribution >= 0.6 is 11.3 Å². The Hall–Kier alpha value is -1.16. The molecule has 2 rings (SSSR count).